The van der Waals surface area contributed by atoms with Gasteiger partial charge in [0.15, 0.2) is 0 Å². The highest BCUT2D eigenvalue weighted by molar-refractivity contribution is 9.10. The molecule has 2 N–H and O–H groups in total. The van der Waals surface area contributed by atoms with E-state index in [1.165, 1.54) is 6.07 Å². The van der Waals surface area contributed by atoms with Gasteiger partial charge in [-0.3, -0.25) is 4.79 Å². The molecule has 1 atom stereocenters. The summed E-state index contributed by atoms with van der Waals surface area (Å²) >= 11 is 3.13. The number of esters is 1. The van der Waals surface area contributed by atoms with Crippen LogP contribution in [-0.4, -0.2) is 12.6 Å². The summed E-state index contributed by atoms with van der Waals surface area (Å²) in [5, 5.41) is 0. The molecule has 0 aliphatic carbocycles. The fourth-order valence-corrected chi connectivity index (χ4v) is 2.05. The third kappa shape index (κ3) is 5.30. The largest absolute Gasteiger partial charge is 0.466 e. The van der Waals surface area contributed by atoms with E-state index in [0.29, 0.717) is 4.47 Å². The Balaban J connectivity index is 0.00000361. The molecule has 8 heteroatoms. The highest BCUT2D eigenvalue weighted by Gasteiger charge is 2.31. The first-order valence-corrected chi connectivity index (χ1v) is 6.32. The van der Waals surface area contributed by atoms with Gasteiger partial charge < -0.3 is 10.5 Å². The molecular formula is C12H14BrClF3NO2. The van der Waals surface area contributed by atoms with Gasteiger partial charge in [-0.05, 0) is 30.7 Å². The minimum atomic E-state index is -4.45. The molecule has 0 fully saturated rings. The van der Waals surface area contributed by atoms with Crippen LogP contribution in [0.15, 0.2) is 22.7 Å². The standard InChI is InChI=1S/C12H13BrF3NO2.ClH/c1-2-19-11(18)6-10(17)8-5-7(12(14,15)16)3-4-9(8)13;/h3-5,10H,2,6,17H2,1H3;1H/t10-;/m0./s1. The molecule has 0 aromatic heterocycles. The number of carbonyl (C=O) groups excluding carboxylic acids is 1. The Labute approximate surface area is 129 Å². The smallest absolute Gasteiger partial charge is 0.416 e. The number of carbonyl (C=O) groups is 1. The van der Waals surface area contributed by atoms with Gasteiger partial charge in [-0.2, -0.15) is 13.2 Å². The molecule has 0 saturated heterocycles. The topological polar surface area (TPSA) is 52.3 Å². The Bertz CT molecular complexity index is 469. The second kappa shape index (κ2) is 7.85. The summed E-state index contributed by atoms with van der Waals surface area (Å²) in [6.07, 6.45) is -4.62. The first-order valence-electron chi connectivity index (χ1n) is 5.53. The van der Waals surface area contributed by atoms with Crippen LogP contribution in [0.25, 0.3) is 0 Å². The third-order valence-electron chi connectivity index (χ3n) is 2.41. The van der Waals surface area contributed by atoms with E-state index in [0.717, 1.165) is 12.1 Å². The quantitative estimate of drug-likeness (QED) is 0.812. The van der Waals surface area contributed by atoms with Crippen molar-refractivity contribution in [1.82, 2.24) is 0 Å². The minimum Gasteiger partial charge on any atom is -0.466 e. The van der Waals surface area contributed by atoms with Gasteiger partial charge >= 0.3 is 12.1 Å². The second-order valence-corrected chi connectivity index (χ2v) is 4.70. The van der Waals surface area contributed by atoms with Gasteiger partial charge in [0.1, 0.15) is 0 Å². The summed E-state index contributed by atoms with van der Waals surface area (Å²) in [5.41, 5.74) is 5.16. The normalized spacial score (nSPS) is 12.5. The van der Waals surface area contributed by atoms with Crippen LogP contribution < -0.4 is 5.73 Å². The van der Waals surface area contributed by atoms with Crippen molar-refractivity contribution < 1.29 is 22.7 Å². The van der Waals surface area contributed by atoms with E-state index in [1.54, 1.807) is 6.92 Å². The van der Waals surface area contributed by atoms with Crippen molar-refractivity contribution in [3.63, 3.8) is 0 Å². The lowest BCUT2D eigenvalue weighted by Crippen LogP contribution is -2.18. The second-order valence-electron chi connectivity index (χ2n) is 3.85. The van der Waals surface area contributed by atoms with Gasteiger partial charge in [0, 0.05) is 10.5 Å². The highest BCUT2D eigenvalue weighted by atomic mass is 79.9. The number of hydrogen-bond acceptors (Lipinski definition) is 3. The van der Waals surface area contributed by atoms with Crippen molar-refractivity contribution in [1.29, 1.82) is 0 Å². The van der Waals surface area contributed by atoms with Gasteiger partial charge in [-0.15, -0.1) is 12.4 Å². The maximum atomic E-state index is 12.6. The lowest BCUT2D eigenvalue weighted by molar-refractivity contribution is -0.143. The van der Waals surface area contributed by atoms with Crippen LogP contribution in [0.3, 0.4) is 0 Å². The first kappa shape index (κ1) is 19.2. The summed E-state index contributed by atoms with van der Waals surface area (Å²) in [5.74, 6) is -0.542. The van der Waals surface area contributed by atoms with Gasteiger partial charge in [-0.1, -0.05) is 15.9 Å². The van der Waals surface area contributed by atoms with E-state index in [1.807, 2.05) is 0 Å². The number of rotatable bonds is 4. The Hall–Kier alpha value is -0.790. The Morgan fingerprint density at radius 1 is 1.45 bits per heavy atom. The number of benzene rings is 1. The highest BCUT2D eigenvalue weighted by Crippen LogP contribution is 2.34. The van der Waals surface area contributed by atoms with Gasteiger partial charge in [0.25, 0.3) is 0 Å². The lowest BCUT2D eigenvalue weighted by atomic mass is 10.0. The molecule has 1 aromatic rings. The first-order chi connectivity index (χ1) is 8.75. The predicted molar refractivity (Wildman–Crippen MR) is 74.6 cm³/mol. The molecule has 0 saturated carbocycles. The number of hydrogen-bond donors (Lipinski definition) is 1. The molecule has 0 aliphatic heterocycles. The van der Waals surface area contributed by atoms with Crippen LogP contribution in [0, 0.1) is 0 Å². The molecular weight excluding hydrogens is 362 g/mol. The average Bonchev–Trinajstić information content (AvgIpc) is 2.27. The van der Waals surface area contributed by atoms with E-state index >= 15 is 0 Å². The van der Waals surface area contributed by atoms with Crippen LogP contribution in [0.5, 0.6) is 0 Å². The van der Waals surface area contributed by atoms with Crippen molar-refractivity contribution in [2.24, 2.45) is 5.73 Å². The van der Waals surface area contributed by atoms with Crippen LogP contribution >= 0.6 is 28.3 Å². The number of alkyl halides is 3. The van der Waals surface area contributed by atoms with Crippen molar-refractivity contribution in [3.05, 3.63) is 33.8 Å². The molecule has 1 rings (SSSR count). The average molecular weight is 377 g/mol. The fraction of sp³-hybridized carbons (Fsp3) is 0.417. The van der Waals surface area contributed by atoms with Crippen molar-refractivity contribution in [2.75, 3.05) is 6.61 Å². The number of nitrogens with two attached hydrogens (primary N) is 1. The summed E-state index contributed by atoms with van der Waals surface area (Å²) in [7, 11) is 0. The minimum absolute atomic E-state index is 0. The summed E-state index contributed by atoms with van der Waals surface area (Å²) in [4.78, 5) is 11.3. The Kier molecular flexibility index (Phi) is 7.54. The molecule has 114 valence electrons. The van der Waals surface area contributed by atoms with Gasteiger partial charge in [0.2, 0.25) is 0 Å². The zero-order valence-electron chi connectivity index (χ0n) is 10.5. The lowest BCUT2D eigenvalue weighted by Gasteiger charge is -2.15. The van der Waals surface area contributed by atoms with Gasteiger partial charge in [-0.25, -0.2) is 0 Å². The van der Waals surface area contributed by atoms with Crippen LogP contribution in [0.2, 0.25) is 0 Å². The zero-order chi connectivity index (χ0) is 14.6. The van der Waals surface area contributed by atoms with Crippen molar-refractivity contribution in [2.45, 2.75) is 25.6 Å². The van der Waals surface area contributed by atoms with Crippen LogP contribution in [0.1, 0.15) is 30.5 Å². The third-order valence-corrected chi connectivity index (χ3v) is 3.14. The molecule has 1 aromatic carbocycles. The Morgan fingerprint density at radius 2 is 2.05 bits per heavy atom. The summed E-state index contributed by atoms with van der Waals surface area (Å²) in [6, 6.07) is 2.30. The van der Waals surface area contributed by atoms with Crippen molar-refractivity contribution in [3.8, 4) is 0 Å². The summed E-state index contributed by atoms with van der Waals surface area (Å²) < 4.78 is 42.9. The van der Waals surface area contributed by atoms with Crippen molar-refractivity contribution >= 4 is 34.3 Å². The monoisotopic (exact) mass is 375 g/mol. The van der Waals surface area contributed by atoms with E-state index < -0.39 is 23.8 Å². The maximum absolute atomic E-state index is 12.6. The molecule has 3 nitrogen and oxygen atoms in total. The van der Waals surface area contributed by atoms with Crippen LogP contribution in [-0.2, 0) is 15.7 Å². The van der Waals surface area contributed by atoms with E-state index in [9.17, 15) is 18.0 Å². The molecule has 0 unspecified atom stereocenters. The maximum Gasteiger partial charge on any atom is 0.416 e. The molecule has 0 spiro atoms. The number of ether oxygens (including phenoxy) is 1. The van der Waals surface area contributed by atoms with Crippen LogP contribution in [0.4, 0.5) is 13.2 Å². The molecule has 0 radical (unpaired) electrons. The molecule has 20 heavy (non-hydrogen) atoms. The SMILES string of the molecule is CCOC(=O)C[C@H](N)c1cc(C(F)(F)F)ccc1Br.Cl. The Morgan fingerprint density at radius 3 is 2.55 bits per heavy atom. The number of halogens is 5. The molecule has 0 bridgehead atoms. The molecule has 0 heterocycles. The molecule has 0 amide bonds. The summed E-state index contributed by atoms with van der Waals surface area (Å²) in [6.45, 7) is 1.85. The van der Waals surface area contributed by atoms with E-state index in [2.05, 4.69) is 15.9 Å². The van der Waals surface area contributed by atoms with E-state index in [4.69, 9.17) is 10.5 Å². The zero-order valence-corrected chi connectivity index (χ0v) is 12.9. The predicted octanol–water partition coefficient (Wildman–Crippen LogP) is 3.84. The van der Waals surface area contributed by atoms with Gasteiger partial charge in [0.05, 0.1) is 18.6 Å². The molecule has 0 aliphatic rings. The van der Waals surface area contributed by atoms with E-state index in [-0.39, 0.29) is 31.0 Å². The fourth-order valence-electron chi connectivity index (χ4n) is 1.51.